The molecule has 3 aromatic rings. The lowest BCUT2D eigenvalue weighted by Gasteiger charge is -2.24. The van der Waals surface area contributed by atoms with Gasteiger partial charge >= 0.3 is 12.1 Å². The number of aliphatic carboxylic acids is 1. The van der Waals surface area contributed by atoms with Crippen LogP contribution in [0.3, 0.4) is 0 Å². The van der Waals surface area contributed by atoms with Gasteiger partial charge in [-0.05, 0) is 43.2 Å². The number of fused-ring (bicyclic) bond motifs is 1. The van der Waals surface area contributed by atoms with E-state index in [4.69, 9.17) is 9.90 Å². The lowest BCUT2D eigenvalue weighted by molar-refractivity contribution is -0.192. The number of carboxylic acids is 1. The molecule has 2 aliphatic rings. The smallest absolute Gasteiger partial charge is 0.475 e. The minimum Gasteiger partial charge on any atom is -0.475 e. The zero-order valence-electron chi connectivity index (χ0n) is 19.5. The molecular weight excluding hydrogens is 475 g/mol. The summed E-state index contributed by atoms with van der Waals surface area (Å²) < 4.78 is 31.7. The Morgan fingerprint density at radius 1 is 1.03 bits per heavy atom. The van der Waals surface area contributed by atoms with Crippen LogP contribution in [0.4, 0.5) is 18.9 Å². The summed E-state index contributed by atoms with van der Waals surface area (Å²) in [7, 11) is 0. The number of aromatic nitrogens is 1. The molecule has 0 radical (unpaired) electrons. The summed E-state index contributed by atoms with van der Waals surface area (Å²) >= 11 is 0. The molecular formula is C26H24F3N3O4. The molecule has 10 heteroatoms. The Kier molecular flexibility index (Phi) is 6.71. The molecule has 0 saturated carbocycles. The van der Waals surface area contributed by atoms with Crippen LogP contribution in [0.1, 0.15) is 28.9 Å². The van der Waals surface area contributed by atoms with E-state index in [1.165, 1.54) is 0 Å². The van der Waals surface area contributed by atoms with Crippen LogP contribution < -0.4 is 4.90 Å². The van der Waals surface area contributed by atoms with E-state index in [9.17, 15) is 22.8 Å². The van der Waals surface area contributed by atoms with Gasteiger partial charge in [-0.25, -0.2) is 9.78 Å². The first-order valence-electron chi connectivity index (χ1n) is 11.3. The zero-order chi connectivity index (χ0) is 26.1. The largest absolute Gasteiger partial charge is 0.490 e. The summed E-state index contributed by atoms with van der Waals surface area (Å²) in [6, 6.07) is 19.6. The lowest BCUT2D eigenvalue weighted by Crippen LogP contribution is -2.34. The summed E-state index contributed by atoms with van der Waals surface area (Å²) in [4.78, 5) is 43.0. The van der Waals surface area contributed by atoms with Crippen molar-refractivity contribution in [1.29, 1.82) is 0 Å². The number of carboxylic acid groups (broad SMARTS) is 1. The molecule has 2 aliphatic heterocycles. The van der Waals surface area contributed by atoms with Crippen LogP contribution in [0.15, 0.2) is 60.7 Å². The Morgan fingerprint density at radius 3 is 2.44 bits per heavy atom. The van der Waals surface area contributed by atoms with Gasteiger partial charge < -0.3 is 14.9 Å². The third-order valence-electron chi connectivity index (χ3n) is 6.42. The molecule has 2 amide bonds. The second-order valence-electron chi connectivity index (χ2n) is 9.16. The number of para-hydroxylation sites is 1. The van der Waals surface area contributed by atoms with Crippen molar-refractivity contribution in [3.05, 3.63) is 71.9 Å². The Balaban J connectivity index is 0.000000384. The fraction of sp³-hybridized carbons (Fsp3) is 0.308. The lowest BCUT2D eigenvalue weighted by atomic mass is 9.86. The van der Waals surface area contributed by atoms with E-state index in [1.54, 1.807) is 6.07 Å². The molecule has 1 N–H and O–H groups in total. The number of benzene rings is 2. The topological polar surface area (TPSA) is 90.8 Å². The first-order chi connectivity index (χ1) is 17.0. The second kappa shape index (κ2) is 9.60. The average molecular weight is 499 g/mol. The number of carbonyl (C=O) groups is 3. The highest BCUT2D eigenvalue weighted by molar-refractivity contribution is 5.98. The number of likely N-dealkylation sites (tertiary alicyclic amines) is 1. The standard InChI is InChI=1S/C24H23N3O2.C2HF3O2/c1-17-5-4-7-19(13-17)27-16-24(14-22(27)28)11-12-26(15-24)23(29)21-10-9-18-6-2-3-8-20(18)25-21;3-2(4,5)1(6)7/h2-10,13H,11-12,14-16H2,1H3;(H,6,7). The van der Waals surface area contributed by atoms with E-state index in [1.807, 2.05) is 71.3 Å². The fourth-order valence-corrected chi connectivity index (χ4v) is 4.66. The normalized spacial score (nSPS) is 19.5. The number of hydrogen-bond acceptors (Lipinski definition) is 4. The summed E-state index contributed by atoms with van der Waals surface area (Å²) in [5.41, 5.74) is 3.23. The van der Waals surface area contributed by atoms with E-state index in [2.05, 4.69) is 4.98 Å². The molecule has 2 fully saturated rings. The number of hydrogen-bond donors (Lipinski definition) is 1. The van der Waals surface area contributed by atoms with Crippen molar-refractivity contribution in [3.8, 4) is 0 Å². The van der Waals surface area contributed by atoms with Crippen molar-refractivity contribution in [2.24, 2.45) is 5.41 Å². The van der Waals surface area contributed by atoms with E-state index in [0.717, 1.165) is 28.6 Å². The molecule has 0 bridgehead atoms. The molecule has 1 atom stereocenters. The van der Waals surface area contributed by atoms with Crippen LogP contribution in [0.2, 0.25) is 0 Å². The SMILES string of the molecule is Cc1cccc(N2CC3(CCN(C(=O)c4ccc5ccccc5n4)C3)CC2=O)c1.O=C(O)C(F)(F)F. The Bertz CT molecular complexity index is 1330. The molecule has 7 nitrogen and oxygen atoms in total. The molecule has 1 unspecified atom stereocenters. The van der Waals surface area contributed by atoms with Crippen LogP contribution in [0.5, 0.6) is 0 Å². The fourth-order valence-electron chi connectivity index (χ4n) is 4.66. The molecule has 36 heavy (non-hydrogen) atoms. The number of amides is 2. The predicted octanol–water partition coefficient (Wildman–Crippen LogP) is 4.45. The van der Waals surface area contributed by atoms with Crippen LogP contribution in [0.25, 0.3) is 10.9 Å². The number of aryl methyl sites for hydroxylation is 1. The third kappa shape index (κ3) is 5.32. The maximum atomic E-state index is 13.1. The summed E-state index contributed by atoms with van der Waals surface area (Å²) in [6.45, 7) is 3.98. The maximum absolute atomic E-state index is 13.1. The van der Waals surface area contributed by atoms with Gasteiger partial charge in [0.05, 0.1) is 5.52 Å². The molecule has 3 heterocycles. The first kappa shape index (κ1) is 25.2. The van der Waals surface area contributed by atoms with E-state index >= 15 is 0 Å². The minimum absolute atomic E-state index is 0.0471. The van der Waals surface area contributed by atoms with Crippen LogP contribution in [0, 0.1) is 12.3 Å². The van der Waals surface area contributed by atoms with Crippen LogP contribution in [-0.4, -0.2) is 58.6 Å². The van der Waals surface area contributed by atoms with Gasteiger partial charge in [0.15, 0.2) is 0 Å². The molecule has 5 rings (SSSR count). The minimum atomic E-state index is -5.08. The number of nitrogens with zero attached hydrogens (tertiary/aromatic N) is 3. The Hall–Kier alpha value is -3.95. The molecule has 2 aromatic carbocycles. The van der Waals surface area contributed by atoms with Crippen molar-refractivity contribution in [1.82, 2.24) is 9.88 Å². The van der Waals surface area contributed by atoms with Crippen LogP contribution in [-0.2, 0) is 9.59 Å². The predicted molar refractivity (Wildman–Crippen MR) is 127 cm³/mol. The summed E-state index contributed by atoms with van der Waals surface area (Å²) in [6.07, 6.45) is -3.74. The monoisotopic (exact) mass is 499 g/mol. The van der Waals surface area contributed by atoms with Crippen molar-refractivity contribution >= 4 is 34.4 Å². The Labute approximate surface area is 205 Å². The third-order valence-corrected chi connectivity index (χ3v) is 6.42. The average Bonchev–Trinajstić information content (AvgIpc) is 3.40. The molecule has 2 saturated heterocycles. The first-order valence-corrected chi connectivity index (χ1v) is 11.3. The molecule has 188 valence electrons. The van der Waals surface area contributed by atoms with Gasteiger partial charge in [0.25, 0.3) is 5.91 Å². The van der Waals surface area contributed by atoms with E-state index < -0.39 is 12.1 Å². The van der Waals surface area contributed by atoms with Gasteiger partial charge in [0.1, 0.15) is 5.69 Å². The highest BCUT2D eigenvalue weighted by Gasteiger charge is 2.49. The maximum Gasteiger partial charge on any atom is 0.490 e. The van der Waals surface area contributed by atoms with Gasteiger partial charge in [0, 0.05) is 42.5 Å². The highest BCUT2D eigenvalue weighted by Crippen LogP contribution is 2.42. The van der Waals surface area contributed by atoms with E-state index in [-0.39, 0.29) is 17.2 Å². The number of carbonyl (C=O) groups excluding carboxylic acids is 2. The summed E-state index contributed by atoms with van der Waals surface area (Å²) in [5.74, 6) is -2.66. The quantitative estimate of drug-likeness (QED) is 0.563. The van der Waals surface area contributed by atoms with Crippen molar-refractivity contribution in [2.45, 2.75) is 25.9 Å². The number of rotatable bonds is 2. The molecule has 1 aromatic heterocycles. The van der Waals surface area contributed by atoms with Crippen LogP contribution >= 0.6 is 0 Å². The zero-order valence-corrected chi connectivity index (χ0v) is 19.5. The number of halogens is 3. The summed E-state index contributed by atoms with van der Waals surface area (Å²) in [5, 5.41) is 8.15. The van der Waals surface area contributed by atoms with Crippen molar-refractivity contribution < 1.29 is 32.7 Å². The van der Waals surface area contributed by atoms with Gasteiger partial charge in [-0.3, -0.25) is 9.59 Å². The molecule has 1 spiro atoms. The van der Waals surface area contributed by atoms with E-state index in [0.29, 0.717) is 31.7 Å². The van der Waals surface area contributed by atoms with Gasteiger partial charge in [-0.1, -0.05) is 36.4 Å². The van der Waals surface area contributed by atoms with Crippen molar-refractivity contribution in [2.75, 3.05) is 24.5 Å². The Morgan fingerprint density at radius 2 is 1.75 bits per heavy atom. The van der Waals surface area contributed by atoms with Crippen molar-refractivity contribution in [3.63, 3.8) is 0 Å². The van der Waals surface area contributed by atoms with Gasteiger partial charge in [-0.15, -0.1) is 0 Å². The number of alkyl halides is 3. The van der Waals surface area contributed by atoms with Gasteiger partial charge in [-0.2, -0.15) is 13.2 Å². The number of anilines is 1. The number of pyridine rings is 1. The molecule has 0 aliphatic carbocycles. The highest BCUT2D eigenvalue weighted by atomic mass is 19.4. The second-order valence-corrected chi connectivity index (χ2v) is 9.16. The van der Waals surface area contributed by atoms with Gasteiger partial charge in [0.2, 0.25) is 5.91 Å².